The molecule has 1 fully saturated rings. The monoisotopic (exact) mass is 494 g/mol. The molecule has 0 saturated carbocycles. The van der Waals surface area contributed by atoms with Gasteiger partial charge in [0.15, 0.2) is 0 Å². The van der Waals surface area contributed by atoms with Crippen molar-refractivity contribution in [3.8, 4) is 22.7 Å². The van der Waals surface area contributed by atoms with Gasteiger partial charge in [-0.3, -0.25) is 4.90 Å². The number of methoxy groups -OCH3 is 1. The number of nitrogens with two attached hydrogens (primary N) is 1. The summed E-state index contributed by atoms with van der Waals surface area (Å²) in [6.45, 7) is 6.54. The van der Waals surface area contributed by atoms with E-state index in [0.717, 1.165) is 73.7 Å². The molecular weight excluding hydrogens is 460 g/mol. The molecule has 8 heteroatoms. The summed E-state index contributed by atoms with van der Waals surface area (Å²) in [5.74, 6) is 0.865. The number of hydrogen-bond acceptors (Lipinski definition) is 5. The maximum Gasteiger partial charge on any atom is 0.238 e. The Bertz CT molecular complexity index is 1320. The van der Waals surface area contributed by atoms with Crippen LogP contribution in [0, 0.1) is 6.92 Å². The fourth-order valence-corrected chi connectivity index (χ4v) is 6.05. The van der Waals surface area contributed by atoms with Crippen molar-refractivity contribution >= 4 is 10.0 Å². The Morgan fingerprint density at radius 1 is 1.00 bits per heavy atom. The highest BCUT2D eigenvalue weighted by Gasteiger charge is 2.30. The molecule has 186 valence electrons. The number of sulfonamides is 1. The number of likely N-dealkylation sites (N-methyl/N-ethyl adjacent to an activating group) is 1. The van der Waals surface area contributed by atoms with Crippen molar-refractivity contribution in [1.29, 1.82) is 0 Å². The van der Waals surface area contributed by atoms with Crippen LogP contribution >= 0.6 is 0 Å². The number of piperazine rings is 1. The highest BCUT2D eigenvalue weighted by molar-refractivity contribution is 7.89. The Morgan fingerprint density at radius 3 is 2.34 bits per heavy atom. The molecule has 35 heavy (non-hydrogen) atoms. The summed E-state index contributed by atoms with van der Waals surface area (Å²) in [5.41, 5.74) is 6.93. The summed E-state index contributed by atoms with van der Waals surface area (Å²) >= 11 is 0. The summed E-state index contributed by atoms with van der Waals surface area (Å²) in [6, 6.07) is 16.0. The van der Waals surface area contributed by atoms with Gasteiger partial charge in [0.05, 0.1) is 17.7 Å². The van der Waals surface area contributed by atoms with Crippen molar-refractivity contribution in [2.45, 2.75) is 37.1 Å². The molecule has 0 radical (unpaired) electrons. The molecule has 5 rings (SSSR count). The van der Waals surface area contributed by atoms with Crippen LogP contribution in [0.2, 0.25) is 0 Å². The van der Waals surface area contributed by atoms with Crippen LogP contribution < -0.4 is 9.88 Å². The zero-order chi connectivity index (χ0) is 24.7. The topological polar surface area (TPSA) is 80.8 Å². The van der Waals surface area contributed by atoms with E-state index >= 15 is 0 Å². The van der Waals surface area contributed by atoms with Crippen molar-refractivity contribution in [2.24, 2.45) is 5.14 Å². The van der Waals surface area contributed by atoms with E-state index in [4.69, 9.17) is 9.88 Å². The van der Waals surface area contributed by atoms with Gasteiger partial charge in [-0.1, -0.05) is 0 Å². The van der Waals surface area contributed by atoms with Gasteiger partial charge in [0.25, 0.3) is 0 Å². The number of aromatic nitrogens is 1. The van der Waals surface area contributed by atoms with Crippen LogP contribution in [0.3, 0.4) is 0 Å². The Kier molecular flexibility index (Phi) is 6.48. The van der Waals surface area contributed by atoms with Gasteiger partial charge in [0, 0.05) is 43.6 Å². The minimum absolute atomic E-state index is 0.124. The van der Waals surface area contributed by atoms with Crippen LogP contribution in [0.15, 0.2) is 53.4 Å². The van der Waals surface area contributed by atoms with E-state index in [1.54, 1.807) is 19.2 Å². The minimum atomic E-state index is -3.74. The molecule has 1 aromatic heterocycles. The van der Waals surface area contributed by atoms with E-state index in [0.29, 0.717) is 6.04 Å². The van der Waals surface area contributed by atoms with Gasteiger partial charge >= 0.3 is 0 Å². The minimum Gasteiger partial charge on any atom is -0.496 e. The molecule has 1 atom stereocenters. The second kappa shape index (κ2) is 9.43. The summed E-state index contributed by atoms with van der Waals surface area (Å²) in [6.07, 6.45) is 3.14. The largest absolute Gasteiger partial charge is 0.496 e. The fourth-order valence-electron chi connectivity index (χ4n) is 5.54. The Labute approximate surface area is 208 Å². The van der Waals surface area contributed by atoms with Gasteiger partial charge in [-0.15, -0.1) is 0 Å². The molecule has 0 spiro atoms. The first-order valence-electron chi connectivity index (χ1n) is 12.2. The zero-order valence-electron chi connectivity index (χ0n) is 20.7. The van der Waals surface area contributed by atoms with E-state index in [9.17, 15) is 8.42 Å². The standard InChI is InChI=1S/C27H34N4O3S/c1-19-16-20(4-11-27(19)34-3)26-18-21-17-23(30-14-12-29(2)13-15-30)7-10-25(21)31(26)22-5-8-24(9-6-22)35(28,32)33/h4-6,8-9,11,16,18,23H,7,10,12-15,17H2,1-3H3,(H2,28,32,33). The molecule has 1 saturated heterocycles. The average Bonchev–Trinajstić information content (AvgIpc) is 3.23. The summed E-state index contributed by atoms with van der Waals surface area (Å²) < 4.78 is 31.4. The predicted octanol–water partition coefficient (Wildman–Crippen LogP) is 3.21. The highest BCUT2D eigenvalue weighted by atomic mass is 32.2. The third-order valence-corrected chi connectivity index (χ3v) is 8.46. The molecule has 2 aromatic carbocycles. The number of hydrogen-bond donors (Lipinski definition) is 1. The summed E-state index contributed by atoms with van der Waals surface area (Å²) in [7, 11) is 0.147. The van der Waals surface area contributed by atoms with Crippen LogP contribution in [-0.2, 0) is 22.9 Å². The van der Waals surface area contributed by atoms with Gasteiger partial charge in [0.2, 0.25) is 10.0 Å². The third-order valence-electron chi connectivity index (χ3n) is 7.53. The van der Waals surface area contributed by atoms with Crippen LogP contribution in [0.5, 0.6) is 5.75 Å². The molecule has 2 heterocycles. The van der Waals surface area contributed by atoms with Crippen LogP contribution in [0.1, 0.15) is 23.2 Å². The SMILES string of the molecule is COc1ccc(-c2cc3c(n2-c2ccc(S(N)(=O)=O)cc2)CCC(N2CCN(C)CC2)C3)cc1C. The van der Waals surface area contributed by atoms with Crippen molar-refractivity contribution in [1.82, 2.24) is 14.4 Å². The van der Waals surface area contributed by atoms with Gasteiger partial charge in [-0.05, 0) is 98.5 Å². The molecule has 0 amide bonds. The normalized spacial score (nSPS) is 19.5. The summed E-state index contributed by atoms with van der Waals surface area (Å²) in [4.78, 5) is 5.17. The second-order valence-electron chi connectivity index (χ2n) is 9.80. The second-order valence-corrected chi connectivity index (χ2v) is 11.4. The molecule has 7 nitrogen and oxygen atoms in total. The van der Waals surface area contributed by atoms with Gasteiger partial charge in [0.1, 0.15) is 5.75 Å². The van der Waals surface area contributed by atoms with Crippen molar-refractivity contribution in [3.63, 3.8) is 0 Å². The number of ether oxygens (including phenoxy) is 1. The lowest BCUT2D eigenvalue weighted by Crippen LogP contribution is -2.50. The first-order valence-corrected chi connectivity index (χ1v) is 13.7. The number of rotatable bonds is 5. The fraction of sp³-hybridized carbons (Fsp3) is 0.407. The quantitative estimate of drug-likeness (QED) is 0.589. The number of aryl methyl sites for hydroxylation is 1. The molecule has 1 unspecified atom stereocenters. The van der Waals surface area contributed by atoms with Gasteiger partial charge in [-0.2, -0.15) is 0 Å². The Morgan fingerprint density at radius 2 is 1.71 bits per heavy atom. The van der Waals surface area contributed by atoms with Crippen LogP contribution in [-0.4, -0.2) is 69.2 Å². The smallest absolute Gasteiger partial charge is 0.238 e. The van der Waals surface area contributed by atoms with E-state index in [2.05, 4.69) is 46.5 Å². The van der Waals surface area contributed by atoms with E-state index < -0.39 is 10.0 Å². The maximum atomic E-state index is 11.8. The highest BCUT2D eigenvalue weighted by Crippen LogP contribution is 2.36. The number of benzene rings is 2. The van der Waals surface area contributed by atoms with E-state index in [-0.39, 0.29) is 4.90 Å². The zero-order valence-corrected chi connectivity index (χ0v) is 21.5. The molecule has 1 aliphatic heterocycles. The molecular formula is C27H34N4O3S. The molecule has 2 aliphatic rings. The Hall–Kier alpha value is -2.65. The Balaban J connectivity index is 1.56. The lowest BCUT2D eigenvalue weighted by Gasteiger charge is -2.39. The third kappa shape index (κ3) is 4.76. The van der Waals surface area contributed by atoms with Crippen molar-refractivity contribution in [2.75, 3.05) is 40.3 Å². The molecule has 2 N–H and O–H groups in total. The lowest BCUT2D eigenvalue weighted by atomic mass is 9.91. The molecule has 0 bridgehead atoms. The van der Waals surface area contributed by atoms with E-state index in [1.165, 1.54) is 11.3 Å². The predicted molar refractivity (Wildman–Crippen MR) is 139 cm³/mol. The molecule has 1 aliphatic carbocycles. The van der Waals surface area contributed by atoms with Crippen molar-refractivity contribution < 1.29 is 13.2 Å². The maximum absolute atomic E-state index is 11.8. The molecule has 3 aromatic rings. The van der Waals surface area contributed by atoms with Crippen LogP contribution in [0.4, 0.5) is 0 Å². The van der Waals surface area contributed by atoms with Gasteiger partial charge < -0.3 is 14.2 Å². The number of nitrogens with zero attached hydrogens (tertiary/aromatic N) is 3. The summed E-state index contributed by atoms with van der Waals surface area (Å²) in [5, 5.41) is 5.34. The first kappa shape index (κ1) is 24.1. The van der Waals surface area contributed by atoms with Gasteiger partial charge in [-0.25, -0.2) is 13.6 Å². The number of fused-ring (bicyclic) bond motifs is 1. The average molecular weight is 495 g/mol. The van der Waals surface area contributed by atoms with E-state index in [1.807, 2.05) is 18.2 Å². The lowest BCUT2D eigenvalue weighted by molar-refractivity contribution is 0.103. The van der Waals surface area contributed by atoms with Crippen LogP contribution in [0.25, 0.3) is 16.9 Å². The van der Waals surface area contributed by atoms with Crippen molar-refractivity contribution in [3.05, 3.63) is 65.4 Å². The number of primary sulfonamides is 1. The first-order chi connectivity index (χ1) is 16.7.